The van der Waals surface area contributed by atoms with Crippen LogP contribution in [0.4, 0.5) is 0 Å². The third-order valence-electron chi connectivity index (χ3n) is 3.04. The Bertz CT molecular complexity index is 524. The van der Waals surface area contributed by atoms with E-state index in [0.717, 1.165) is 0 Å². The molecule has 0 saturated carbocycles. The Hall–Kier alpha value is -1.46. The molecule has 3 aromatic carbocycles. The SMILES string of the molecule is c1cc[c]([Bi+2]([c]2ccccc2)[c]2ccccc2)cc1. The zero-order chi connectivity index (χ0) is 12.9. The van der Waals surface area contributed by atoms with Crippen molar-refractivity contribution in [1.82, 2.24) is 0 Å². The first-order chi connectivity index (χ1) is 9.45. The fourth-order valence-corrected chi connectivity index (χ4v) is 11.1. The van der Waals surface area contributed by atoms with Crippen LogP contribution in [0.1, 0.15) is 0 Å². The van der Waals surface area contributed by atoms with E-state index in [2.05, 4.69) is 91.0 Å². The topological polar surface area (TPSA) is 0 Å². The van der Waals surface area contributed by atoms with E-state index in [9.17, 15) is 0 Å². The summed E-state index contributed by atoms with van der Waals surface area (Å²) in [5.74, 6) is 0. The normalized spacial score (nSPS) is 10.1. The summed E-state index contributed by atoms with van der Waals surface area (Å²) in [6.07, 6.45) is 0. The average Bonchev–Trinajstić information content (AvgIpc) is 2.51. The summed E-state index contributed by atoms with van der Waals surface area (Å²) in [7, 11) is 0. The molecule has 0 spiro atoms. The van der Waals surface area contributed by atoms with Crippen molar-refractivity contribution in [3.05, 3.63) is 91.0 Å². The summed E-state index contributed by atoms with van der Waals surface area (Å²) in [5, 5.41) is 0. The van der Waals surface area contributed by atoms with E-state index in [1.807, 2.05) is 0 Å². The minimum atomic E-state index is -2.06. The van der Waals surface area contributed by atoms with Crippen LogP contribution < -0.4 is 9.81 Å². The van der Waals surface area contributed by atoms with Gasteiger partial charge >= 0.3 is 123 Å². The van der Waals surface area contributed by atoms with Crippen LogP contribution in [0.2, 0.25) is 0 Å². The summed E-state index contributed by atoms with van der Waals surface area (Å²) in [6.45, 7) is 0. The van der Waals surface area contributed by atoms with Gasteiger partial charge < -0.3 is 0 Å². The fraction of sp³-hybridized carbons (Fsp3) is 0. The second kappa shape index (κ2) is 6.13. The molecule has 0 N–H and O–H groups in total. The van der Waals surface area contributed by atoms with Crippen LogP contribution in [-0.4, -0.2) is 21.8 Å². The molecule has 0 aliphatic carbocycles. The van der Waals surface area contributed by atoms with E-state index in [1.165, 1.54) is 9.81 Å². The Labute approximate surface area is 122 Å². The summed E-state index contributed by atoms with van der Waals surface area (Å²) in [5.41, 5.74) is 0. The van der Waals surface area contributed by atoms with E-state index < -0.39 is 21.8 Å². The molecule has 0 bridgehead atoms. The van der Waals surface area contributed by atoms with E-state index in [4.69, 9.17) is 0 Å². The van der Waals surface area contributed by atoms with Crippen LogP contribution in [0.5, 0.6) is 0 Å². The molecule has 0 aromatic heterocycles. The zero-order valence-electron chi connectivity index (χ0n) is 10.6. The number of rotatable bonds is 3. The van der Waals surface area contributed by atoms with Gasteiger partial charge in [0.2, 0.25) is 0 Å². The van der Waals surface area contributed by atoms with Crippen LogP contribution in [-0.2, 0) is 0 Å². The molecule has 0 amide bonds. The van der Waals surface area contributed by atoms with Gasteiger partial charge in [-0.25, -0.2) is 0 Å². The van der Waals surface area contributed by atoms with Gasteiger partial charge in [-0.15, -0.1) is 0 Å². The van der Waals surface area contributed by atoms with Crippen LogP contribution in [0.3, 0.4) is 0 Å². The third kappa shape index (κ3) is 2.93. The maximum absolute atomic E-state index is 2.29. The van der Waals surface area contributed by atoms with E-state index in [-0.39, 0.29) is 0 Å². The third-order valence-corrected chi connectivity index (χ3v) is 12.5. The van der Waals surface area contributed by atoms with Crippen molar-refractivity contribution in [2.45, 2.75) is 0 Å². The van der Waals surface area contributed by atoms with Gasteiger partial charge in [0, 0.05) is 0 Å². The molecule has 0 nitrogen and oxygen atoms in total. The summed E-state index contributed by atoms with van der Waals surface area (Å²) in [6, 6.07) is 33.0. The molecule has 0 heterocycles. The molecule has 1 heteroatoms. The predicted molar refractivity (Wildman–Crippen MR) is 84.0 cm³/mol. The number of hydrogen-bond acceptors (Lipinski definition) is 0. The van der Waals surface area contributed by atoms with Crippen LogP contribution in [0.15, 0.2) is 91.0 Å². The van der Waals surface area contributed by atoms with Gasteiger partial charge in [-0.1, -0.05) is 0 Å². The molecule has 0 saturated heterocycles. The minimum absolute atomic E-state index is 1.54. The molecule has 0 radical (unpaired) electrons. The number of benzene rings is 3. The van der Waals surface area contributed by atoms with E-state index >= 15 is 0 Å². The first-order valence-corrected chi connectivity index (χ1v) is 11.6. The van der Waals surface area contributed by atoms with Gasteiger partial charge in [0.1, 0.15) is 0 Å². The van der Waals surface area contributed by atoms with Crippen LogP contribution in [0, 0.1) is 0 Å². The zero-order valence-corrected chi connectivity index (χ0v) is 14.1. The summed E-state index contributed by atoms with van der Waals surface area (Å²) >= 11 is -2.06. The Morgan fingerprint density at radius 2 is 0.632 bits per heavy atom. The average molecular weight is 440 g/mol. The quantitative estimate of drug-likeness (QED) is 0.548. The van der Waals surface area contributed by atoms with Gasteiger partial charge in [0.05, 0.1) is 0 Å². The molecule has 0 unspecified atom stereocenters. The summed E-state index contributed by atoms with van der Waals surface area (Å²) in [4.78, 5) is 0. The van der Waals surface area contributed by atoms with Gasteiger partial charge in [-0.2, -0.15) is 0 Å². The van der Waals surface area contributed by atoms with E-state index in [1.54, 1.807) is 0 Å². The molecular weight excluding hydrogens is 425 g/mol. The molecule has 3 rings (SSSR count). The van der Waals surface area contributed by atoms with E-state index in [0.29, 0.717) is 0 Å². The van der Waals surface area contributed by atoms with Crippen molar-refractivity contribution < 1.29 is 0 Å². The molecular formula is C18H15Bi+2. The second-order valence-corrected chi connectivity index (χ2v) is 13.0. The summed E-state index contributed by atoms with van der Waals surface area (Å²) < 4.78 is 4.61. The number of hydrogen-bond donors (Lipinski definition) is 0. The van der Waals surface area contributed by atoms with Crippen molar-refractivity contribution >= 4 is 31.6 Å². The van der Waals surface area contributed by atoms with Crippen LogP contribution in [0.25, 0.3) is 0 Å². The Morgan fingerprint density at radius 3 is 0.895 bits per heavy atom. The Balaban J connectivity index is 2.12. The first kappa shape index (κ1) is 12.6. The molecule has 90 valence electrons. The van der Waals surface area contributed by atoms with Crippen molar-refractivity contribution in [1.29, 1.82) is 0 Å². The van der Waals surface area contributed by atoms with Crippen LogP contribution >= 0.6 is 0 Å². The molecule has 19 heavy (non-hydrogen) atoms. The molecule has 0 aliphatic heterocycles. The standard InChI is InChI=1S/3C6H5.Bi/c3*1-2-4-6-5-3-1;/h3*1-5H;/q;;;+2. The van der Waals surface area contributed by atoms with Gasteiger partial charge in [0.15, 0.2) is 0 Å². The van der Waals surface area contributed by atoms with Gasteiger partial charge in [-0.3, -0.25) is 0 Å². The molecule has 3 aromatic rings. The fourth-order valence-electron chi connectivity index (χ4n) is 2.18. The maximum atomic E-state index is 2.29. The van der Waals surface area contributed by atoms with Gasteiger partial charge in [0.25, 0.3) is 0 Å². The molecule has 0 atom stereocenters. The van der Waals surface area contributed by atoms with Gasteiger partial charge in [-0.05, 0) is 0 Å². The van der Waals surface area contributed by atoms with Crippen molar-refractivity contribution in [2.75, 3.05) is 0 Å². The predicted octanol–water partition coefficient (Wildman–Crippen LogP) is 2.20. The van der Waals surface area contributed by atoms with Crippen molar-refractivity contribution in [3.63, 3.8) is 0 Å². The second-order valence-electron chi connectivity index (χ2n) is 4.34. The molecule has 0 fully saturated rings. The first-order valence-electron chi connectivity index (χ1n) is 6.40. The molecule has 0 aliphatic rings. The van der Waals surface area contributed by atoms with Crippen molar-refractivity contribution in [2.24, 2.45) is 0 Å². The monoisotopic (exact) mass is 440 g/mol. The van der Waals surface area contributed by atoms with Crippen molar-refractivity contribution in [3.8, 4) is 0 Å². The Morgan fingerprint density at radius 1 is 0.368 bits per heavy atom. The Kier molecular flexibility index (Phi) is 4.05.